The van der Waals surface area contributed by atoms with E-state index in [-0.39, 0.29) is 5.69 Å². The number of hydrogen-bond acceptors (Lipinski definition) is 5. The van der Waals surface area contributed by atoms with Crippen LogP contribution in [0.4, 0.5) is 5.69 Å². The van der Waals surface area contributed by atoms with E-state index in [1.165, 1.54) is 6.07 Å². The Kier molecular flexibility index (Phi) is 2.63. The highest BCUT2D eigenvalue weighted by molar-refractivity contribution is 5.41. The summed E-state index contributed by atoms with van der Waals surface area (Å²) in [6.45, 7) is 1.68. The average Bonchev–Trinajstić information content (AvgIpc) is 2.64. The van der Waals surface area contributed by atoms with Gasteiger partial charge >= 0.3 is 0 Å². The van der Waals surface area contributed by atoms with E-state index in [2.05, 4.69) is 10.1 Å². The van der Waals surface area contributed by atoms with Crippen LogP contribution in [0.2, 0.25) is 0 Å². The van der Waals surface area contributed by atoms with Crippen LogP contribution in [0.3, 0.4) is 0 Å². The molecule has 0 saturated heterocycles. The van der Waals surface area contributed by atoms with Gasteiger partial charge in [0.25, 0.3) is 5.69 Å². The van der Waals surface area contributed by atoms with Crippen LogP contribution in [0.25, 0.3) is 0 Å². The van der Waals surface area contributed by atoms with Crippen molar-refractivity contribution < 1.29 is 9.45 Å². The van der Waals surface area contributed by atoms with Crippen molar-refractivity contribution in [1.29, 1.82) is 0 Å². The number of para-hydroxylation sites is 1. The Balaban J connectivity index is 2.31. The Morgan fingerprint density at radius 1 is 1.44 bits per heavy atom. The molecule has 0 aliphatic carbocycles. The van der Waals surface area contributed by atoms with E-state index in [0.717, 1.165) is 0 Å². The third-order valence-electron chi connectivity index (χ3n) is 2.11. The monoisotopic (exact) mass is 219 g/mol. The molecule has 0 atom stereocenters. The van der Waals surface area contributed by atoms with Crippen LogP contribution in [0, 0.1) is 17.0 Å². The molecule has 0 aliphatic heterocycles. The standard InChI is InChI=1S/C10H9N3O3/c1-7-11-10(12-16-7)6-8-4-2-3-5-9(8)13(14)15/h2-5H,6H2,1H3. The fraction of sp³-hybridized carbons (Fsp3) is 0.200. The summed E-state index contributed by atoms with van der Waals surface area (Å²) in [5.74, 6) is 0.903. The Morgan fingerprint density at radius 2 is 2.19 bits per heavy atom. The maximum absolute atomic E-state index is 10.8. The van der Waals surface area contributed by atoms with E-state index < -0.39 is 4.92 Å². The van der Waals surface area contributed by atoms with Gasteiger partial charge in [-0.25, -0.2) is 0 Å². The molecule has 1 heterocycles. The van der Waals surface area contributed by atoms with Crippen molar-refractivity contribution in [1.82, 2.24) is 10.1 Å². The van der Waals surface area contributed by atoms with E-state index in [1.54, 1.807) is 25.1 Å². The van der Waals surface area contributed by atoms with Crippen LogP contribution in [-0.2, 0) is 6.42 Å². The van der Waals surface area contributed by atoms with Gasteiger partial charge in [-0.3, -0.25) is 10.1 Å². The first kappa shape index (κ1) is 10.3. The van der Waals surface area contributed by atoms with Gasteiger partial charge in [0.15, 0.2) is 5.82 Å². The molecule has 16 heavy (non-hydrogen) atoms. The largest absolute Gasteiger partial charge is 0.340 e. The number of benzene rings is 1. The maximum atomic E-state index is 10.8. The minimum absolute atomic E-state index is 0.0740. The Morgan fingerprint density at radius 3 is 2.81 bits per heavy atom. The molecule has 82 valence electrons. The van der Waals surface area contributed by atoms with Crippen LogP contribution in [-0.4, -0.2) is 15.1 Å². The quantitative estimate of drug-likeness (QED) is 0.581. The van der Waals surface area contributed by atoms with E-state index in [1.807, 2.05) is 0 Å². The molecule has 6 nitrogen and oxygen atoms in total. The zero-order valence-electron chi connectivity index (χ0n) is 8.58. The molecule has 2 rings (SSSR count). The van der Waals surface area contributed by atoms with E-state index in [0.29, 0.717) is 23.7 Å². The second kappa shape index (κ2) is 4.09. The smallest absolute Gasteiger partial charge is 0.273 e. The highest BCUT2D eigenvalue weighted by Crippen LogP contribution is 2.19. The zero-order chi connectivity index (χ0) is 11.5. The lowest BCUT2D eigenvalue weighted by Crippen LogP contribution is -1.97. The number of rotatable bonds is 3. The zero-order valence-corrected chi connectivity index (χ0v) is 8.58. The molecule has 0 radical (unpaired) electrons. The van der Waals surface area contributed by atoms with Crippen LogP contribution in [0.5, 0.6) is 0 Å². The minimum atomic E-state index is -0.414. The summed E-state index contributed by atoms with van der Waals surface area (Å²) in [6, 6.07) is 6.52. The fourth-order valence-corrected chi connectivity index (χ4v) is 1.42. The summed E-state index contributed by atoms with van der Waals surface area (Å²) in [5.41, 5.74) is 0.651. The Labute approximate surface area is 91.1 Å². The van der Waals surface area contributed by atoms with Gasteiger partial charge in [0.05, 0.1) is 4.92 Å². The van der Waals surface area contributed by atoms with Gasteiger partial charge in [0.1, 0.15) is 0 Å². The Bertz CT molecular complexity index is 522. The fourth-order valence-electron chi connectivity index (χ4n) is 1.42. The molecule has 1 aromatic carbocycles. The van der Waals surface area contributed by atoms with Gasteiger partial charge < -0.3 is 4.52 Å². The molecule has 0 aliphatic rings. The molecule has 1 aromatic heterocycles. The third kappa shape index (κ3) is 2.05. The van der Waals surface area contributed by atoms with Gasteiger partial charge in [-0.1, -0.05) is 23.4 Å². The second-order valence-electron chi connectivity index (χ2n) is 3.29. The van der Waals surface area contributed by atoms with Crippen molar-refractivity contribution in [3.8, 4) is 0 Å². The number of nitrogens with zero attached hydrogens (tertiary/aromatic N) is 3. The van der Waals surface area contributed by atoms with Crippen molar-refractivity contribution in [3.63, 3.8) is 0 Å². The summed E-state index contributed by atoms with van der Waals surface area (Å²) in [5, 5.41) is 14.5. The number of aromatic nitrogens is 2. The van der Waals surface area contributed by atoms with Crippen molar-refractivity contribution in [2.45, 2.75) is 13.3 Å². The molecule has 0 amide bonds. The van der Waals surface area contributed by atoms with Gasteiger partial charge in [-0.05, 0) is 0 Å². The lowest BCUT2D eigenvalue weighted by molar-refractivity contribution is -0.385. The average molecular weight is 219 g/mol. The lowest BCUT2D eigenvalue weighted by Gasteiger charge is -1.98. The topological polar surface area (TPSA) is 82.1 Å². The summed E-state index contributed by atoms with van der Waals surface area (Å²) in [6.07, 6.45) is 0.300. The highest BCUT2D eigenvalue weighted by Gasteiger charge is 2.14. The maximum Gasteiger partial charge on any atom is 0.273 e. The number of aryl methyl sites for hydroxylation is 1. The van der Waals surface area contributed by atoms with Gasteiger partial charge in [-0.2, -0.15) is 4.98 Å². The molecular formula is C10H9N3O3. The number of nitro benzene ring substituents is 1. The molecule has 0 N–H and O–H groups in total. The molecular weight excluding hydrogens is 210 g/mol. The summed E-state index contributed by atoms with van der Waals surface area (Å²) >= 11 is 0. The first-order valence-electron chi connectivity index (χ1n) is 4.68. The van der Waals surface area contributed by atoms with Crippen LogP contribution >= 0.6 is 0 Å². The lowest BCUT2D eigenvalue weighted by atomic mass is 10.1. The first-order chi connectivity index (χ1) is 7.66. The summed E-state index contributed by atoms with van der Waals surface area (Å²) in [7, 11) is 0. The van der Waals surface area contributed by atoms with Crippen LogP contribution < -0.4 is 0 Å². The molecule has 0 bridgehead atoms. The molecule has 0 saturated carbocycles. The second-order valence-corrected chi connectivity index (χ2v) is 3.29. The normalized spacial score (nSPS) is 10.3. The van der Waals surface area contributed by atoms with Crippen LogP contribution in [0.15, 0.2) is 28.8 Å². The molecule has 6 heteroatoms. The number of nitro groups is 1. The Hall–Kier alpha value is -2.24. The molecule has 0 unspecified atom stereocenters. The predicted molar refractivity (Wildman–Crippen MR) is 54.9 cm³/mol. The summed E-state index contributed by atoms with van der Waals surface area (Å²) in [4.78, 5) is 14.4. The van der Waals surface area contributed by atoms with Gasteiger partial charge in [0.2, 0.25) is 5.89 Å². The third-order valence-corrected chi connectivity index (χ3v) is 2.11. The molecule has 0 spiro atoms. The van der Waals surface area contributed by atoms with Crippen LogP contribution in [0.1, 0.15) is 17.3 Å². The number of hydrogen-bond donors (Lipinski definition) is 0. The first-order valence-corrected chi connectivity index (χ1v) is 4.68. The van der Waals surface area contributed by atoms with Crippen molar-refractivity contribution in [3.05, 3.63) is 51.7 Å². The highest BCUT2D eigenvalue weighted by atomic mass is 16.6. The van der Waals surface area contributed by atoms with Gasteiger partial charge in [-0.15, -0.1) is 0 Å². The molecule has 2 aromatic rings. The van der Waals surface area contributed by atoms with E-state index in [9.17, 15) is 10.1 Å². The molecule has 0 fully saturated rings. The summed E-state index contributed by atoms with van der Waals surface area (Å²) < 4.78 is 4.81. The SMILES string of the molecule is Cc1nc(Cc2ccccc2[N+](=O)[O-])no1. The van der Waals surface area contributed by atoms with Crippen molar-refractivity contribution in [2.24, 2.45) is 0 Å². The van der Waals surface area contributed by atoms with Gasteiger partial charge in [0, 0.05) is 25.0 Å². The van der Waals surface area contributed by atoms with E-state index >= 15 is 0 Å². The predicted octanol–water partition coefficient (Wildman–Crippen LogP) is 1.88. The van der Waals surface area contributed by atoms with E-state index in [4.69, 9.17) is 4.52 Å². The van der Waals surface area contributed by atoms with Crippen molar-refractivity contribution >= 4 is 5.69 Å². The van der Waals surface area contributed by atoms with Crippen molar-refractivity contribution in [2.75, 3.05) is 0 Å². The minimum Gasteiger partial charge on any atom is -0.340 e.